The maximum Gasteiger partial charge on any atom is 0.350 e. The molecule has 1 aromatic rings. The average Bonchev–Trinajstić information content (AvgIpc) is 2.27. The van der Waals surface area contributed by atoms with Gasteiger partial charge in [0.05, 0.1) is 6.10 Å². The van der Waals surface area contributed by atoms with E-state index >= 15 is 0 Å². The summed E-state index contributed by atoms with van der Waals surface area (Å²) in [7, 11) is -4.64. The van der Waals surface area contributed by atoms with Gasteiger partial charge in [-0.15, -0.1) is 0 Å². The van der Waals surface area contributed by atoms with Gasteiger partial charge in [-0.25, -0.2) is 13.1 Å². The molecule has 1 rings (SSSR count). The van der Waals surface area contributed by atoms with E-state index in [9.17, 15) is 22.3 Å². The fourth-order valence-corrected chi connectivity index (χ4v) is 1.57. The second kappa shape index (κ2) is 5.33. The predicted octanol–water partition coefficient (Wildman–Crippen LogP) is 0.862. The van der Waals surface area contributed by atoms with Crippen LogP contribution in [0.15, 0.2) is 30.3 Å². The van der Waals surface area contributed by atoms with E-state index in [2.05, 4.69) is 0 Å². The van der Waals surface area contributed by atoms with E-state index in [0.29, 0.717) is 5.56 Å². The average molecular weight is 251 g/mol. The Balaban J connectivity index is 2.58. The summed E-state index contributed by atoms with van der Waals surface area (Å²) in [4.78, 5) is 0. The Kier molecular flexibility index (Phi) is 4.34. The van der Waals surface area contributed by atoms with Crippen LogP contribution >= 0.6 is 0 Å². The molecule has 0 bridgehead atoms. The van der Waals surface area contributed by atoms with E-state index in [1.54, 1.807) is 35.1 Å². The van der Waals surface area contributed by atoms with Crippen molar-refractivity contribution >= 4 is 10.0 Å². The van der Waals surface area contributed by atoms with Crippen LogP contribution in [0.3, 0.4) is 0 Å². The van der Waals surface area contributed by atoms with Crippen molar-refractivity contribution in [1.29, 1.82) is 0 Å². The first kappa shape index (κ1) is 13.0. The summed E-state index contributed by atoms with van der Waals surface area (Å²) in [5.41, 5.74) is 0.458. The molecule has 90 valence electrons. The van der Waals surface area contributed by atoms with Crippen LogP contribution in [0.5, 0.6) is 0 Å². The van der Waals surface area contributed by atoms with E-state index in [0.717, 1.165) is 0 Å². The minimum absolute atomic E-state index is 0.458. The van der Waals surface area contributed by atoms with Crippen molar-refractivity contribution in [3.8, 4) is 0 Å². The van der Waals surface area contributed by atoms with Crippen LogP contribution in [0, 0.1) is 0 Å². The van der Waals surface area contributed by atoms with Gasteiger partial charge in [0.25, 0.3) is 10.0 Å². The molecule has 0 amide bonds. The highest BCUT2D eigenvalue weighted by Crippen LogP contribution is 2.11. The van der Waals surface area contributed by atoms with Gasteiger partial charge in [-0.2, -0.15) is 8.78 Å². The largest absolute Gasteiger partial charge is 0.387 e. The molecule has 1 atom stereocenters. The van der Waals surface area contributed by atoms with Crippen LogP contribution in [-0.2, 0) is 10.0 Å². The van der Waals surface area contributed by atoms with Crippen molar-refractivity contribution in [1.82, 2.24) is 4.72 Å². The van der Waals surface area contributed by atoms with E-state index in [1.807, 2.05) is 0 Å². The van der Waals surface area contributed by atoms with E-state index in [4.69, 9.17) is 0 Å². The predicted molar refractivity (Wildman–Crippen MR) is 54.3 cm³/mol. The Bertz CT molecular complexity index is 422. The monoisotopic (exact) mass is 251 g/mol. The Morgan fingerprint density at radius 2 is 1.81 bits per heavy atom. The number of sulfonamides is 1. The molecular formula is C9H11F2NO3S. The molecule has 0 fully saturated rings. The van der Waals surface area contributed by atoms with Crippen molar-refractivity contribution in [2.75, 3.05) is 6.54 Å². The Morgan fingerprint density at radius 3 is 2.31 bits per heavy atom. The van der Waals surface area contributed by atoms with Gasteiger partial charge in [-0.05, 0) is 5.56 Å². The molecule has 0 saturated heterocycles. The van der Waals surface area contributed by atoms with Gasteiger partial charge < -0.3 is 5.11 Å². The summed E-state index contributed by atoms with van der Waals surface area (Å²) in [6.45, 7) is -0.476. The molecule has 0 aliphatic rings. The third kappa shape index (κ3) is 3.51. The molecule has 0 heterocycles. The number of halogens is 2. The molecule has 0 saturated carbocycles. The molecular weight excluding hydrogens is 240 g/mol. The molecule has 7 heteroatoms. The van der Waals surface area contributed by atoms with Crippen molar-refractivity contribution in [2.24, 2.45) is 0 Å². The van der Waals surface area contributed by atoms with Crippen molar-refractivity contribution in [3.05, 3.63) is 35.9 Å². The maximum absolute atomic E-state index is 11.9. The van der Waals surface area contributed by atoms with Crippen LogP contribution in [0.4, 0.5) is 8.78 Å². The van der Waals surface area contributed by atoms with E-state index < -0.39 is 28.4 Å². The van der Waals surface area contributed by atoms with Crippen LogP contribution in [0.1, 0.15) is 11.7 Å². The standard InChI is InChI=1S/C9H11F2NO3S/c10-9(11)16(14,15)12-6-8(13)7-4-2-1-3-5-7/h1-5,8-9,12-13H,6H2. The zero-order valence-corrected chi connectivity index (χ0v) is 8.99. The molecule has 0 aromatic heterocycles. The minimum Gasteiger partial charge on any atom is -0.387 e. The van der Waals surface area contributed by atoms with Gasteiger partial charge in [0.15, 0.2) is 0 Å². The van der Waals surface area contributed by atoms with Crippen molar-refractivity contribution in [2.45, 2.75) is 11.9 Å². The van der Waals surface area contributed by atoms with E-state index in [1.165, 1.54) is 0 Å². The lowest BCUT2D eigenvalue weighted by Gasteiger charge is -2.11. The zero-order valence-electron chi connectivity index (χ0n) is 8.18. The third-order valence-electron chi connectivity index (χ3n) is 1.90. The highest BCUT2D eigenvalue weighted by Gasteiger charge is 2.24. The normalized spacial score (nSPS) is 14.0. The SMILES string of the molecule is O=S(=O)(NCC(O)c1ccccc1)C(F)F. The molecule has 0 aliphatic heterocycles. The molecule has 2 N–H and O–H groups in total. The van der Waals surface area contributed by atoms with Crippen LogP contribution in [0.2, 0.25) is 0 Å². The smallest absolute Gasteiger partial charge is 0.350 e. The van der Waals surface area contributed by atoms with Gasteiger partial charge in [0.1, 0.15) is 0 Å². The lowest BCUT2D eigenvalue weighted by molar-refractivity contribution is 0.179. The first-order valence-corrected chi connectivity index (χ1v) is 5.98. The van der Waals surface area contributed by atoms with Gasteiger partial charge in [0.2, 0.25) is 0 Å². The second-order valence-corrected chi connectivity index (χ2v) is 4.82. The number of hydrogen-bond donors (Lipinski definition) is 2. The molecule has 0 spiro atoms. The Labute approximate surface area is 92.0 Å². The number of benzene rings is 1. The number of hydrogen-bond acceptors (Lipinski definition) is 3. The van der Waals surface area contributed by atoms with Crippen molar-refractivity contribution in [3.63, 3.8) is 0 Å². The highest BCUT2D eigenvalue weighted by atomic mass is 32.2. The summed E-state index contributed by atoms with van der Waals surface area (Å²) in [5, 5.41) is 9.49. The first-order chi connectivity index (χ1) is 7.43. The first-order valence-electron chi connectivity index (χ1n) is 4.43. The summed E-state index contributed by atoms with van der Waals surface area (Å²) in [5.74, 6) is -3.49. The number of aliphatic hydroxyl groups is 1. The lowest BCUT2D eigenvalue weighted by atomic mass is 10.1. The quantitative estimate of drug-likeness (QED) is 0.815. The number of nitrogens with one attached hydrogen (secondary N) is 1. The zero-order chi connectivity index (χ0) is 12.2. The highest BCUT2D eigenvalue weighted by molar-refractivity contribution is 7.89. The van der Waals surface area contributed by atoms with Crippen LogP contribution in [0.25, 0.3) is 0 Å². The van der Waals surface area contributed by atoms with Crippen LogP contribution in [-0.4, -0.2) is 25.8 Å². The minimum atomic E-state index is -4.64. The third-order valence-corrected chi connectivity index (χ3v) is 2.93. The summed E-state index contributed by atoms with van der Waals surface area (Å²) in [6.07, 6.45) is -1.14. The number of rotatable bonds is 5. The van der Waals surface area contributed by atoms with Gasteiger partial charge in [-0.1, -0.05) is 30.3 Å². The summed E-state index contributed by atoms with van der Waals surface area (Å²) < 4.78 is 46.9. The summed E-state index contributed by atoms with van der Waals surface area (Å²) >= 11 is 0. The molecule has 1 unspecified atom stereocenters. The molecule has 1 aromatic carbocycles. The molecule has 16 heavy (non-hydrogen) atoms. The van der Waals surface area contributed by atoms with E-state index in [-0.39, 0.29) is 0 Å². The Morgan fingerprint density at radius 1 is 1.25 bits per heavy atom. The Hall–Kier alpha value is -1.05. The topological polar surface area (TPSA) is 66.4 Å². The van der Waals surface area contributed by atoms with Crippen LogP contribution < -0.4 is 4.72 Å². The maximum atomic E-state index is 11.9. The fourth-order valence-electron chi connectivity index (χ4n) is 1.05. The van der Waals surface area contributed by atoms with Gasteiger partial charge in [0, 0.05) is 6.54 Å². The number of alkyl halides is 2. The van der Waals surface area contributed by atoms with Gasteiger partial charge in [-0.3, -0.25) is 0 Å². The molecule has 4 nitrogen and oxygen atoms in total. The fraction of sp³-hybridized carbons (Fsp3) is 0.333. The van der Waals surface area contributed by atoms with Gasteiger partial charge >= 0.3 is 5.76 Å². The van der Waals surface area contributed by atoms with Crippen molar-refractivity contribution < 1.29 is 22.3 Å². The summed E-state index contributed by atoms with van der Waals surface area (Å²) in [6, 6.07) is 8.17. The molecule has 0 radical (unpaired) electrons. The second-order valence-electron chi connectivity index (χ2n) is 3.08. The lowest BCUT2D eigenvalue weighted by Crippen LogP contribution is -2.32. The number of aliphatic hydroxyl groups excluding tert-OH is 1. The molecule has 0 aliphatic carbocycles.